The summed E-state index contributed by atoms with van der Waals surface area (Å²) in [7, 11) is -3.73. The maximum atomic E-state index is 13.2. The highest BCUT2D eigenvalue weighted by atomic mass is 35.5. The van der Waals surface area contributed by atoms with Crippen molar-refractivity contribution in [3.63, 3.8) is 0 Å². The van der Waals surface area contributed by atoms with Gasteiger partial charge in [0.2, 0.25) is 15.9 Å². The van der Waals surface area contributed by atoms with Gasteiger partial charge in [0.25, 0.3) is 5.91 Å². The van der Waals surface area contributed by atoms with E-state index in [1.54, 1.807) is 29.2 Å². The smallest absolute Gasteiger partial charge is 0.253 e. The SMILES string of the molecule is CC(C)[C@H](NC(=O)c1ccccc1Cl)C(=O)N1CCN(S(=O)(=O)c2ccc(C#N)cc2)CC1. The predicted molar refractivity (Wildman–Crippen MR) is 124 cm³/mol. The Morgan fingerprint density at radius 1 is 1.03 bits per heavy atom. The first-order valence-electron chi connectivity index (χ1n) is 10.5. The molecule has 10 heteroatoms. The number of piperazine rings is 1. The van der Waals surface area contributed by atoms with Crippen LogP contribution < -0.4 is 5.32 Å². The van der Waals surface area contributed by atoms with Crippen molar-refractivity contribution < 1.29 is 18.0 Å². The van der Waals surface area contributed by atoms with Crippen LogP contribution in [-0.4, -0.2) is 61.7 Å². The second-order valence-electron chi connectivity index (χ2n) is 8.04. The molecular weight excluding hydrogens is 464 g/mol. The van der Waals surface area contributed by atoms with E-state index in [9.17, 15) is 18.0 Å². The molecule has 2 aromatic carbocycles. The highest BCUT2D eigenvalue weighted by Crippen LogP contribution is 2.20. The topological polar surface area (TPSA) is 111 Å². The Bertz CT molecular complexity index is 1170. The summed E-state index contributed by atoms with van der Waals surface area (Å²) >= 11 is 6.10. The van der Waals surface area contributed by atoms with Gasteiger partial charge < -0.3 is 10.2 Å². The third-order valence-corrected chi connectivity index (χ3v) is 7.75. The Morgan fingerprint density at radius 3 is 2.18 bits per heavy atom. The minimum atomic E-state index is -3.73. The zero-order valence-corrected chi connectivity index (χ0v) is 19.9. The van der Waals surface area contributed by atoms with Gasteiger partial charge in [0.05, 0.1) is 27.1 Å². The summed E-state index contributed by atoms with van der Waals surface area (Å²) in [6.07, 6.45) is 0. The van der Waals surface area contributed by atoms with Crippen molar-refractivity contribution in [1.29, 1.82) is 5.26 Å². The molecule has 0 aromatic heterocycles. The standard InChI is InChI=1S/C23H25ClN4O4S/c1-16(2)21(26-22(29)19-5-3-4-6-20(19)24)23(30)27-11-13-28(14-12-27)33(31,32)18-9-7-17(15-25)8-10-18/h3-10,16,21H,11-14H2,1-2H3,(H,26,29)/t21-/m0/s1. The molecule has 1 saturated heterocycles. The van der Waals surface area contributed by atoms with E-state index in [-0.39, 0.29) is 48.5 Å². The van der Waals surface area contributed by atoms with Gasteiger partial charge in [0, 0.05) is 26.2 Å². The van der Waals surface area contributed by atoms with Gasteiger partial charge in [0.15, 0.2) is 0 Å². The molecule has 1 fully saturated rings. The minimum Gasteiger partial charge on any atom is -0.340 e. The molecule has 3 rings (SSSR count). The molecule has 33 heavy (non-hydrogen) atoms. The van der Waals surface area contributed by atoms with Crippen LogP contribution in [0.3, 0.4) is 0 Å². The lowest BCUT2D eigenvalue weighted by atomic mass is 10.0. The van der Waals surface area contributed by atoms with E-state index in [2.05, 4.69) is 5.32 Å². The molecular formula is C23H25ClN4O4S. The third kappa shape index (κ3) is 5.53. The molecule has 0 unspecified atom stereocenters. The number of carbonyl (C=O) groups is 2. The highest BCUT2D eigenvalue weighted by molar-refractivity contribution is 7.89. The quantitative estimate of drug-likeness (QED) is 0.671. The molecule has 2 aromatic rings. The van der Waals surface area contributed by atoms with E-state index >= 15 is 0 Å². The molecule has 1 heterocycles. The number of benzene rings is 2. The highest BCUT2D eigenvalue weighted by Gasteiger charge is 2.34. The summed E-state index contributed by atoms with van der Waals surface area (Å²) < 4.78 is 27.1. The van der Waals surface area contributed by atoms with Gasteiger partial charge in [-0.3, -0.25) is 9.59 Å². The molecule has 0 spiro atoms. The predicted octanol–water partition coefficient (Wildman–Crippen LogP) is 2.50. The monoisotopic (exact) mass is 488 g/mol. The number of hydrogen-bond donors (Lipinski definition) is 1. The van der Waals surface area contributed by atoms with Gasteiger partial charge in [-0.15, -0.1) is 0 Å². The first-order chi connectivity index (χ1) is 15.6. The number of rotatable bonds is 6. The number of amides is 2. The zero-order valence-electron chi connectivity index (χ0n) is 18.4. The molecule has 1 aliphatic heterocycles. The Kier molecular flexibility index (Phi) is 7.74. The molecule has 0 saturated carbocycles. The van der Waals surface area contributed by atoms with Crippen LogP contribution in [-0.2, 0) is 14.8 Å². The number of sulfonamides is 1. The Hall–Kier alpha value is -2.93. The van der Waals surface area contributed by atoms with Crippen molar-refractivity contribution in [2.45, 2.75) is 24.8 Å². The first kappa shape index (κ1) is 24.7. The van der Waals surface area contributed by atoms with Crippen molar-refractivity contribution in [2.24, 2.45) is 5.92 Å². The van der Waals surface area contributed by atoms with Gasteiger partial charge in [-0.1, -0.05) is 37.6 Å². The maximum absolute atomic E-state index is 13.2. The number of nitrogens with one attached hydrogen (secondary N) is 1. The van der Waals surface area contributed by atoms with Crippen LogP contribution >= 0.6 is 11.6 Å². The lowest BCUT2D eigenvalue weighted by Gasteiger charge is -2.36. The summed E-state index contributed by atoms with van der Waals surface area (Å²) in [4.78, 5) is 27.5. The lowest BCUT2D eigenvalue weighted by Crippen LogP contribution is -2.57. The number of halogens is 1. The summed E-state index contributed by atoms with van der Waals surface area (Å²) in [5.41, 5.74) is 0.666. The zero-order chi connectivity index (χ0) is 24.2. The second kappa shape index (κ2) is 10.3. The lowest BCUT2D eigenvalue weighted by molar-refractivity contribution is -0.135. The number of hydrogen-bond acceptors (Lipinski definition) is 5. The van der Waals surface area contributed by atoms with Crippen LogP contribution in [0, 0.1) is 17.2 Å². The van der Waals surface area contributed by atoms with Crippen LogP contribution in [0.2, 0.25) is 5.02 Å². The fourth-order valence-electron chi connectivity index (χ4n) is 3.57. The van der Waals surface area contributed by atoms with Crippen molar-refractivity contribution in [1.82, 2.24) is 14.5 Å². The normalized spacial score (nSPS) is 15.7. The average Bonchev–Trinajstić information content (AvgIpc) is 2.82. The van der Waals surface area contributed by atoms with Gasteiger partial charge in [-0.25, -0.2) is 8.42 Å². The Labute approximate surface area is 198 Å². The van der Waals surface area contributed by atoms with Crippen LogP contribution in [0.5, 0.6) is 0 Å². The second-order valence-corrected chi connectivity index (χ2v) is 10.4. The van der Waals surface area contributed by atoms with Gasteiger partial charge in [-0.2, -0.15) is 9.57 Å². The van der Waals surface area contributed by atoms with Crippen LogP contribution in [0.15, 0.2) is 53.4 Å². The summed E-state index contributed by atoms with van der Waals surface area (Å²) in [6, 6.07) is 13.5. The van der Waals surface area contributed by atoms with E-state index in [1.807, 2.05) is 19.9 Å². The third-order valence-electron chi connectivity index (χ3n) is 5.51. The largest absolute Gasteiger partial charge is 0.340 e. The van der Waals surface area contributed by atoms with Crippen molar-refractivity contribution in [2.75, 3.05) is 26.2 Å². The first-order valence-corrected chi connectivity index (χ1v) is 12.3. The molecule has 1 N–H and O–H groups in total. The van der Waals surface area contributed by atoms with Crippen LogP contribution in [0.1, 0.15) is 29.8 Å². The van der Waals surface area contributed by atoms with Crippen LogP contribution in [0.4, 0.5) is 0 Å². The molecule has 0 radical (unpaired) electrons. The molecule has 1 atom stereocenters. The van der Waals surface area contributed by atoms with E-state index in [0.29, 0.717) is 10.6 Å². The van der Waals surface area contributed by atoms with E-state index in [4.69, 9.17) is 16.9 Å². The Morgan fingerprint density at radius 2 is 1.64 bits per heavy atom. The summed E-state index contributed by atoms with van der Waals surface area (Å²) in [6.45, 7) is 4.36. The van der Waals surface area contributed by atoms with E-state index < -0.39 is 22.0 Å². The van der Waals surface area contributed by atoms with Crippen molar-refractivity contribution in [3.8, 4) is 6.07 Å². The number of carbonyl (C=O) groups excluding carboxylic acids is 2. The fraction of sp³-hybridized carbons (Fsp3) is 0.348. The van der Waals surface area contributed by atoms with Crippen molar-refractivity contribution in [3.05, 3.63) is 64.7 Å². The van der Waals surface area contributed by atoms with Crippen molar-refractivity contribution >= 4 is 33.4 Å². The molecule has 2 amide bonds. The Balaban J connectivity index is 1.66. The number of nitrogens with zero attached hydrogens (tertiary/aromatic N) is 3. The molecule has 8 nitrogen and oxygen atoms in total. The van der Waals surface area contributed by atoms with Gasteiger partial charge in [0.1, 0.15) is 6.04 Å². The average molecular weight is 489 g/mol. The van der Waals surface area contributed by atoms with Crippen LogP contribution in [0.25, 0.3) is 0 Å². The number of nitriles is 1. The molecule has 174 valence electrons. The molecule has 0 bridgehead atoms. The molecule has 0 aliphatic carbocycles. The summed E-state index contributed by atoms with van der Waals surface area (Å²) in [5, 5.41) is 12.0. The van der Waals surface area contributed by atoms with E-state index in [0.717, 1.165) is 0 Å². The fourth-order valence-corrected chi connectivity index (χ4v) is 5.22. The molecule has 1 aliphatic rings. The maximum Gasteiger partial charge on any atom is 0.253 e. The van der Waals surface area contributed by atoms with Gasteiger partial charge in [-0.05, 0) is 42.3 Å². The minimum absolute atomic E-state index is 0.105. The van der Waals surface area contributed by atoms with Gasteiger partial charge >= 0.3 is 0 Å². The summed E-state index contributed by atoms with van der Waals surface area (Å²) in [5.74, 6) is -0.875. The van der Waals surface area contributed by atoms with E-state index in [1.165, 1.54) is 28.6 Å².